The summed E-state index contributed by atoms with van der Waals surface area (Å²) >= 11 is 0. The van der Waals surface area contributed by atoms with Crippen LogP contribution in [0.25, 0.3) is 0 Å². The molecule has 0 aliphatic heterocycles. The first-order chi connectivity index (χ1) is 10.1. The molecule has 0 unspecified atom stereocenters. The number of nitrogens with two attached hydrogens (primary N) is 1. The number of hydrogen-bond donors (Lipinski definition) is 2. The molecule has 0 radical (unpaired) electrons. The molecule has 0 bridgehead atoms. The average Bonchev–Trinajstić information content (AvgIpc) is 2.48. The highest BCUT2D eigenvalue weighted by atomic mass is 19.1. The maximum Gasteiger partial charge on any atom is 0.337 e. The van der Waals surface area contributed by atoms with E-state index in [0.29, 0.717) is 24.2 Å². The summed E-state index contributed by atoms with van der Waals surface area (Å²) < 4.78 is 17.7. The van der Waals surface area contributed by atoms with Gasteiger partial charge in [-0.05, 0) is 42.3 Å². The predicted molar refractivity (Wildman–Crippen MR) is 80.8 cm³/mol. The Balaban J connectivity index is 1.96. The standard InChI is InChI=1S/C16H17FN2O2/c1-21-16(20)12-5-6-15(14(18)10-12)19-8-7-11-3-2-4-13(17)9-11/h2-6,9-10,19H,7-8,18H2,1H3. The van der Waals surface area contributed by atoms with E-state index >= 15 is 0 Å². The lowest BCUT2D eigenvalue weighted by Gasteiger charge is -2.10. The number of carbonyl (C=O) groups excluding carboxylic acids is 1. The second kappa shape index (κ2) is 6.74. The van der Waals surface area contributed by atoms with Gasteiger partial charge >= 0.3 is 5.97 Å². The van der Waals surface area contributed by atoms with E-state index in [1.54, 1.807) is 24.3 Å². The molecule has 0 saturated carbocycles. The molecule has 110 valence electrons. The van der Waals surface area contributed by atoms with Crippen LogP contribution in [0.1, 0.15) is 15.9 Å². The van der Waals surface area contributed by atoms with Crippen molar-refractivity contribution in [3.63, 3.8) is 0 Å². The zero-order chi connectivity index (χ0) is 15.2. The summed E-state index contributed by atoms with van der Waals surface area (Å²) in [5.41, 5.74) is 8.41. The fourth-order valence-electron chi connectivity index (χ4n) is 2.00. The summed E-state index contributed by atoms with van der Waals surface area (Å²) in [6.45, 7) is 0.616. The highest BCUT2D eigenvalue weighted by Gasteiger charge is 2.07. The maximum absolute atomic E-state index is 13.1. The molecule has 0 heterocycles. The van der Waals surface area contributed by atoms with Gasteiger partial charge in [0.1, 0.15) is 5.82 Å². The summed E-state index contributed by atoms with van der Waals surface area (Å²) in [4.78, 5) is 11.4. The molecule has 0 amide bonds. The van der Waals surface area contributed by atoms with Crippen LogP contribution in [-0.4, -0.2) is 19.6 Å². The predicted octanol–water partition coefficient (Wildman–Crippen LogP) is 2.85. The summed E-state index contributed by atoms with van der Waals surface area (Å²) in [5, 5.41) is 3.17. The number of hydrogen-bond acceptors (Lipinski definition) is 4. The third-order valence-corrected chi connectivity index (χ3v) is 3.09. The smallest absolute Gasteiger partial charge is 0.337 e. The van der Waals surface area contributed by atoms with E-state index in [2.05, 4.69) is 10.1 Å². The zero-order valence-electron chi connectivity index (χ0n) is 11.7. The van der Waals surface area contributed by atoms with Gasteiger partial charge in [0.15, 0.2) is 0 Å². The van der Waals surface area contributed by atoms with Gasteiger partial charge in [-0.15, -0.1) is 0 Å². The van der Waals surface area contributed by atoms with Crippen LogP contribution in [0.2, 0.25) is 0 Å². The molecule has 2 aromatic carbocycles. The second-order valence-corrected chi connectivity index (χ2v) is 4.60. The van der Waals surface area contributed by atoms with Crippen LogP contribution < -0.4 is 11.1 Å². The fraction of sp³-hybridized carbons (Fsp3) is 0.188. The lowest BCUT2D eigenvalue weighted by Crippen LogP contribution is -2.08. The van der Waals surface area contributed by atoms with Gasteiger partial charge in [0.2, 0.25) is 0 Å². The number of carbonyl (C=O) groups is 1. The highest BCUT2D eigenvalue weighted by molar-refractivity contribution is 5.91. The lowest BCUT2D eigenvalue weighted by molar-refractivity contribution is 0.0601. The average molecular weight is 288 g/mol. The van der Waals surface area contributed by atoms with Gasteiger partial charge in [-0.25, -0.2) is 9.18 Å². The van der Waals surface area contributed by atoms with Crippen molar-refractivity contribution in [1.82, 2.24) is 0 Å². The van der Waals surface area contributed by atoms with E-state index < -0.39 is 5.97 Å². The van der Waals surface area contributed by atoms with E-state index in [-0.39, 0.29) is 5.82 Å². The van der Waals surface area contributed by atoms with Gasteiger partial charge in [-0.3, -0.25) is 0 Å². The van der Waals surface area contributed by atoms with Crippen LogP contribution in [0.5, 0.6) is 0 Å². The van der Waals surface area contributed by atoms with Crippen molar-refractivity contribution in [2.75, 3.05) is 24.7 Å². The molecular weight excluding hydrogens is 271 g/mol. The monoisotopic (exact) mass is 288 g/mol. The first-order valence-corrected chi connectivity index (χ1v) is 6.56. The summed E-state index contributed by atoms with van der Waals surface area (Å²) in [5.74, 6) is -0.664. The minimum Gasteiger partial charge on any atom is -0.465 e. The minimum absolute atomic E-state index is 0.241. The third kappa shape index (κ3) is 3.95. The Morgan fingerprint density at radius 1 is 1.29 bits per heavy atom. The van der Waals surface area contributed by atoms with E-state index in [1.807, 2.05) is 6.07 Å². The number of halogens is 1. The zero-order valence-corrected chi connectivity index (χ0v) is 11.7. The Bertz CT molecular complexity index is 644. The normalized spacial score (nSPS) is 10.2. The number of esters is 1. The third-order valence-electron chi connectivity index (χ3n) is 3.09. The van der Waals surface area contributed by atoms with Gasteiger partial charge in [-0.1, -0.05) is 12.1 Å². The summed E-state index contributed by atoms with van der Waals surface area (Å²) in [6.07, 6.45) is 0.677. The van der Waals surface area contributed by atoms with Crippen LogP contribution in [0.15, 0.2) is 42.5 Å². The second-order valence-electron chi connectivity index (χ2n) is 4.60. The van der Waals surface area contributed by atoms with Gasteiger partial charge in [0.25, 0.3) is 0 Å². The van der Waals surface area contributed by atoms with Crippen LogP contribution in [0.3, 0.4) is 0 Å². The fourth-order valence-corrected chi connectivity index (χ4v) is 2.00. The van der Waals surface area contributed by atoms with Crippen molar-refractivity contribution in [2.45, 2.75) is 6.42 Å². The lowest BCUT2D eigenvalue weighted by atomic mass is 10.1. The molecule has 2 rings (SSSR count). The quantitative estimate of drug-likeness (QED) is 0.656. The Morgan fingerprint density at radius 2 is 2.10 bits per heavy atom. The molecule has 21 heavy (non-hydrogen) atoms. The number of anilines is 2. The van der Waals surface area contributed by atoms with Gasteiger partial charge in [0.05, 0.1) is 24.0 Å². The topological polar surface area (TPSA) is 64.3 Å². The van der Waals surface area contributed by atoms with Gasteiger partial charge < -0.3 is 15.8 Å². The number of nitrogen functional groups attached to an aromatic ring is 1. The van der Waals surface area contributed by atoms with Crippen molar-refractivity contribution in [3.05, 3.63) is 59.4 Å². The molecule has 0 spiro atoms. The van der Waals surface area contributed by atoms with Crippen LogP contribution >= 0.6 is 0 Å². The maximum atomic E-state index is 13.1. The van der Waals surface area contributed by atoms with Crippen molar-refractivity contribution in [1.29, 1.82) is 0 Å². The van der Waals surface area contributed by atoms with Gasteiger partial charge in [0, 0.05) is 6.54 Å². The summed E-state index contributed by atoms with van der Waals surface area (Å²) in [6, 6.07) is 11.4. The Hall–Kier alpha value is -2.56. The van der Waals surface area contributed by atoms with Crippen molar-refractivity contribution in [2.24, 2.45) is 0 Å². The van der Waals surface area contributed by atoms with E-state index in [0.717, 1.165) is 11.3 Å². The van der Waals surface area contributed by atoms with Crippen LogP contribution in [0, 0.1) is 5.82 Å². The molecule has 3 N–H and O–H groups in total. The molecule has 0 atom stereocenters. The molecule has 0 saturated heterocycles. The number of ether oxygens (including phenoxy) is 1. The summed E-state index contributed by atoms with van der Waals surface area (Å²) in [7, 11) is 1.32. The Kier molecular flexibility index (Phi) is 4.77. The first kappa shape index (κ1) is 14.8. The van der Waals surface area contributed by atoms with E-state index in [1.165, 1.54) is 19.2 Å². The molecule has 2 aromatic rings. The number of benzene rings is 2. The van der Waals surface area contributed by atoms with Crippen LogP contribution in [-0.2, 0) is 11.2 Å². The molecule has 0 fully saturated rings. The Morgan fingerprint density at radius 3 is 2.76 bits per heavy atom. The molecule has 5 heteroatoms. The SMILES string of the molecule is COC(=O)c1ccc(NCCc2cccc(F)c2)c(N)c1. The molecule has 0 aromatic heterocycles. The number of methoxy groups -OCH3 is 1. The highest BCUT2D eigenvalue weighted by Crippen LogP contribution is 2.20. The van der Waals surface area contributed by atoms with Crippen molar-refractivity contribution >= 4 is 17.3 Å². The number of nitrogens with one attached hydrogen (secondary N) is 1. The largest absolute Gasteiger partial charge is 0.465 e. The number of rotatable bonds is 5. The van der Waals surface area contributed by atoms with Crippen molar-refractivity contribution < 1.29 is 13.9 Å². The van der Waals surface area contributed by atoms with Gasteiger partial charge in [-0.2, -0.15) is 0 Å². The first-order valence-electron chi connectivity index (χ1n) is 6.56. The Labute approximate surface area is 122 Å². The molecule has 0 aliphatic rings. The molecule has 0 aliphatic carbocycles. The van der Waals surface area contributed by atoms with E-state index in [4.69, 9.17) is 5.73 Å². The minimum atomic E-state index is -0.423. The molecular formula is C16H17FN2O2. The molecule has 4 nitrogen and oxygen atoms in total. The van der Waals surface area contributed by atoms with Crippen LogP contribution in [0.4, 0.5) is 15.8 Å². The van der Waals surface area contributed by atoms with E-state index in [9.17, 15) is 9.18 Å². The van der Waals surface area contributed by atoms with Crippen molar-refractivity contribution in [3.8, 4) is 0 Å².